The zero-order valence-electron chi connectivity index (χ0n) is 13.0. The summed E-state index contributed by atoms with van der Waals surface area (Å²) in [5, 5.41) is 19.9. The van der Waals surface area contributed by atoms with Crippen LogP contribution in [0.4, 0.5) is 0 Å². The largest absolute Gasteiger partial charge is 0.481 e. The van der Waals surface area contributed by atoms with Crippen molar-refractivity contribution in [1.29, 1.82) is 0 Å². The number of aliphatic hydroxyl groups excluding tert-OH is 1. The normalized spacial score (nSPS) is 12.7. The monoisotopic (exact) mass is 312 g/mol. The van der Waals surface area contributed by atoms with Crippen LogP contribution in [-0.2, 0) is 26.9 Å². The standard InChI is InChI=1S/C14H21ClN4O2/c1-6-9-13(15)10(18(3)17-9)7-11(20)12-8(2)16-19(4)14(12)21-5/h11,20H,6-7H2,1-5H3. The Hall–Kier alpha value is -1.53. The van der Waals surface area contributed by atoms with Gasteiger partial charge in [0, 0.05) is 20.5 Å². The zero-order chi connectivity index (χ0) is 15.7. The van der Waals surface area contributed by atoms with E-state index in [0.29, 0.717) is 22.9 Å². The average molecular weight is 313 g/mol. The van der Waals surface area contributed by atoms with Crippen molar-refractivity contribution in [1.82, 2.24) is 19.6 Å². The molecule has 21 heavy (non-hydrogen) atoms. The van der Waals surface area contributed by atoms with E-state index in [1.54, 1.807) is 23.5 Å². The zero-order valence-corrected chi connectivity index (χ0v) is 13.8. The third-order valence-electron chi connectivity index (χ3n) is 3.63. The number of halogens is 1. The summed E-state index contributed by atoms with van der Waals surface area (Å²) in [5.74, 6) is 0.564. The molecular weight excluding hydrogens is 292 g/mol. The highest BCUT2D eigenvalue weighted by Crippen LogP contribution is 2.32. The van der Waals surface area contributed by atoms with Crippen LogP contribution in [0.3, 0.4) is 0 Å². The lowest BCUT2D eigenvalue weighted by Gasteiger charge is -2.13. The Labute approximate surface area is 129 Å². The molecule has 2 aromatic rings. The maximum absolute atomic E-state index is 10.6. The van der Waals surface area contributed by atoms with Gasteiger partial charge < -0.3 is 9.84 Å². The summed E-state index contributed by atoms with van der Waals surface area (Å²) in [4.78, 5) is 0. The van der Waals surface area contributed by atoms with Gasteiger partial charge in [0.25, 0.3) is 0 Å². The van der Waals surface area contributed by atoms with E-state index in [-0.39, 0.29) is 0 Å². The lowest BCUT2D eigenvalue weighted by molar-refractivity contribution is 0.170. The van der Waals surface area contributed by atoms with Crippen LogP contribution in [0.25, 0.3) is 0 Å². The number of ether oxygens (including phenoxy) is 1. The van der Waals surface area contributed by atoms with Gasteiger partial charge in [-0.3, -0.25) is 4.68 Å². The van der Waals surface area contributed by atoms with Crippen LogP contribution in [0.2, 0.25) is 5.02 Å². The van der Waals surface area contributed by atoms with Gasteiger partial charge in [0.15, 0.2) is 0 Å². The molecule has 2 heterocycles. The molecule has 7 heteroatoms. The van der Waals surface area contributed by atoms with E-state index in [9.17, 15) is 5.11 Å². The minimum absolute atomic E-state index is 0.366. The topological polar surface area (TPSA) is 65.1 Å². The molecule has 0 aliphatic carbocycles. The van der Waals surface area contributed by atoms with Crippen LogP contribution < -0.4 is 4.74 Å². The Kier molecular flexibility index (Phi) is 4.58. The fourth-order valence-corrected chi connectivity index (χ4v) is 2.98. The fraction of sp³-hybridized carbons (Fsp3) is 0.571. The molecule has 0 radical (unpaired) electrons. The lowest BCUT2D eigenvalue weighted by atomic mass is 10.0. The first-order chi connectivity index (χ1) is 9.90. The quantitative estimate of drug-likeness (QED) is 0.916. The number of aryl methyl sites for hydroxylation is 4. The number of rotatable bonds is 5. The highest BCUT2D eigenvalue weighted by atomic mass is 35.5. The minimum atomic E-state index is -0.744. The molecule has 1 unspecified atom stereocenters. The van der Waals surface area contributed by atoms with E-state index in [2.05, 4.69) is 10.2 Å². The minimum Gasteiger partial charge on any atom is -0.481 e. The molecule has 2 rings (SSSR count). The highest BCUT2D eigenvalue weighted by Gasteiger charge is 2.24. The summed E-state index contributed by atoms with van der Waals surface area (Å²) in [6, 6.07) is 0. The predicted octanol–water partition coefficient (Wildman–Crippen LogP) is 1.96. The molecule has 0 aliphatic heterocycles. The molecule has 0 fully saturated rings. The summed E-state index contributed by atoms with van der Waals surface area (Å²) in [5.41, 5.74) is 3.09. The van der Waals surface area contributed by atoms with Gasteiger partial charge in [0.05, 0.1) is 40.9 Å². The summed E-state index contributed by atoms with van der Waals surface area (Å²) in [6.45, 7) is 3.85. The molecule has 0 bridgehead atoms. The Morgan fingerprint density at radius 2 is 1.95 bits per heavy atom. The van der Waals surface area contributed by atoms with Gasteiger partial charge in [-0.25, -0.2) is 4.68 Å². The van der Waals surface area contributed by atoms with Crippen molar-refractivity contribution in [2.24, 2.45) is 14.1 Å². The molecule has 0 aliphatic rings. The Morgan fingerprint density at radius 1 is 1.29 bits per heavy atom. The van der Waals surface area contributed by atoms with Gasteiger partial charge in [0.1, 0.15) is 0 Å². The predicted molar refractivity (Wildman–Crippen MR) is 80.8 cm³/mol. The number of methoxy groups -OCH3 is 1. The van der Waals surface area contributed by atoms with Gasteiger partial charge in [-0.1, -0.05) is 18.5 Å². The maximum atomic E-state index is 10.6. The Balaban J connectivity index is 2.35. The lowest BCUT2D eigenvalue weighted by Crippen LogP contribution is -2.09. The molecule has 0 aromatic carbocycles. The van der Waals surface area contributed by atoms with Gasteiger partial charge in [0.2, 0.25) is 5.88 Å². The first-order valence-electron chi connectivity index (χ1n) is 6.86. The van der Waals surface area contributed by atoms with Crippen molar-refractivity contribution in [3.63, 3.8) is 0 Å². The second kappa shape index (κ2) is 6.07. The third kappa shape index (κ3) is 2.78. The van der Waals surface area contributed by atoms with E-state index in [1.807, 2.05) is 20.9 Å². The van der Waals surface area contributed by atoms with Crippen LogP contribution in [0.5, 0.6) is 5.88 Å². The van der Waals surface area contributed by atoms with E-state index in [1.165, 1.54) is 0 Å². The maximum Gasteiger partial charge on any atom is 0.217 e. The number of aliphatic hydroxyl groups is 1. The Morgan fingerprint density at radius 3 is 2.48 bits per heavy atom. The van der Waals surface area contributed by atoms with Crippen LogP contribution in [0.1, 0.15) is 35.7 Å². The molecular formula is C14H21ClN4O2. The fourth-order valence-electron chi connectivity index (χ4n) is 2.61. The van der Waals surface area contributed by atoms with Crippen molar-refractivity contribution in [3.8, 4) is 5.88 Å². The first kappa shape index (κ1) is 15.9. The molecule has 1 N–H and O–H groups in total. The summed E-state index contributed by atoms with van der Waals surface area (Å²) in [7, 11) is 5.19. The van der Waals surface area contributed by atoms with Crippen LogP contribution in [-0.4, -0.2) is 31.8 Å². The molecule has 2 aromatic heterocycles. The molecule has 0 saturated heterocycles. The number of nitrogens with zero attached hydrogens (tertiary/aromatic N) is 4. The Bertz CT molecular complexity index is 648. The highest BCUT2D eigenvalue weighted by molar-refractivity contribution is 6.31. The van der Waals surface area contributed by atoms with Gasteiger partial charge >= 0.3 is 0 Å². The van der Waals surface area contributed by atoms with Gasteiger partial charge in [-0.05, 0) is 13.3 Å². The van der Waals surface area contributed by atoms with Gasteiger partial charge in [-0.15, -0.1) is 0 Å². The SMILES string of the molecule is CCc1nn(C)c(CC(O)c2c(C)nn(C)c2OC)c1Cl. The third-order valence-corrected chi connectivity index (χ3v) is 4.07. The molecule has 6 nitrogen and oxygen atoms in total. The van der Waals surface area contributed by atoms with Crippen molar-refractivity contribution in [3.05, 3.63) is 27.7 Å². The molecule has 116 valence electrons. The second-order valence-corrected chi connectivity index (χ2v) is 5.41. The number of aromatic nitrogens is 4. The molecule has 0 amide bonds. The van der Waals surface area contributed by atoms with Crippen molar-refractivity contribution < 1.29 is 9.84 Å². The van der Waals surface area contributed by atoms with E-state index in [4.69, 9.17) is 16.3 Å². The summed E-state index contributed by atoms with van der Waals surface area (Å²) >= 11 is 6.33. The van der Waals surface area contributed by atoms with E-state index < -0.39 is 6.10 Å². The second-order valence-electron chi connectivity index (χ2n) is 5.04. The molecule has 0 spiro atoms. The van der Waals surface area contributed by atoms with Crippen molar-refractivity contribution >= 4 is 11.6 Å². The van der Waals surface area contributed by atoms with E-state index >= 15 is 0 Å². The first-order valence-corrected chi connectivity index (χ1v) is 7.24. The van der Waals surface area contributed by atoms with Crippen LogP contribution in [0.15, 0.2) is 0 Å². The molecule has 1 atom stereocenters. The van der Waals surface area contributed by atoms with Gasteiger partial charge in [-0.2, -0.15) is 10.2 Å². The summed E-state index contributed by atoms with van der Waals surface area (Å²) in [6.07, 6.45) is 0.384. The van der Waals surface area contributed by atoms with Crippen LogP contribution >= 0.6 is 11.6 Å². The molecule has 0 saturated carbocycles. The summed E-state index contributed by atoms with van der Waals surface area (Å²) < 4.78 is 8.67. The van der Waals surface area contributed by atoms with Crippen molar-refractivity contribution in [2.75, 3.05) is 7.11 Å². The smallest absolute Gasteiger partial charge is 0.217 e. The number of hydrogen-bond donors (Lipinski definition) is 1. The van der Waals surface area contributed by atoms with Crippen molar-refractivity contribution in [2.45, 2.75) is 32.8 Å². The number of hydrogen-bond acceptors (Lipinski definition) is 4. The average Bonchev–Trinajstić information content (AvgIpc) is 2.87. The van der Waals surface area contributed by atoms with Crippen LogP contribution in [0, 0.1) is 6.92 Å². The van der Waals surface area contributed by atoms with E-state index in [0.717, 1.165) is 23.5 Å².